The summed E-state index contributed by atoms with van der Waals surface area (Å²) in [6.45, 7) is 1.40. The fourth-order valence-corrected chi connectivity index (χ4v) is 2.50. The molecule has 0 spiro atoms. The molecule has 7 heteroatoms. The molecule has 0 bridgehead atoms. The highest BCUT2D eigenvalue weighted by Crippen LogP contribution is 2.12. The number of hydrogen-bond donors (Lipinski definition) is 1. The van der Waals surface area contributed by atoms with Gasteiger partial charge in [-0.3, -0.25) is 4.79 Å². The van der Waals surface area contributed by atoms with Crippen molar-refractivity contribution in [1.82, 2.24) is 19.7 Å². The Hall–Kier alpha value is -2.96. The second-order valence-corrected chi connectivity index (χ2v) is 6.60. The summed E-state index contributed by atoms with van der Waals surface area (Å²) in [7, 11) is 9.11. The van der Waals surface area contributed by atoms with Crippen molar-refractivity contribution >= 4 is 11.9 Å². The van der Waals surface area contributed by atoms with Gasteiger partial charge in [-0.2, -0.15) is 0 Å². The maximum absolute atomic E-state index is 12.0. The molecule has 146 valence electrons. The Bertz CT molecular complexity index is 765. The maximum atomic E-state index is 12.0. The summed E-state index contributed by atoms with van der Waals surface area (Å²) in [5, 5.41) is 3.18. The third kappa shape index (κ3) is 6.06. The number of amides is 1. The topological polar surface area (TPSA) is 62.1 Å². The molecule has 0 aliphatic heterocycles. The number of carbonyl (C=O) groups excluding carboxylic acids is 1. The lowest BCUT2D eigenvalue weighted by molar-refractivity contribution is -0.127. The number of hydrogen-bond acceptors (Lipinski definition) is 3. The summed E-state index contributed by atoms with van der Waals surface area (Å²) >= 11 is 0. The monoisotopic (exact) mass is 371 g/mol. The first-order valence-corrected chi connectivity index (χ1v) is 8.83. The van der Waals surface area contributed by atoms with Gasteiger partial charge in [0.05, 0.1) is 26.7 Å². The highest BCUT2D eigenvalue weighted by molar-refractivity contribution is 5.86. The molecule has 0 saturated carbocycles. The average Bonchev–Trinajstić information content (AvgIpc) is 3.06. The molecule has 1 amide bonds. The van der Waals surface area contributed by atoms with Crippen LogP contribution in [0.25, 0.3) is 0 Å². The molecule has 0 saturated heterocycles. The van der Waals surface area contributed by atoms with Crippen molar-refractivity contribution in [2.45, 2.75) is 13.1 Å². The first kappa shape index (κ1) is 20.4. The minimum atomic E-state index is -0.000542. The van der Waals surface area contributed by atoms with E-state index < -0.39 is 0 Å². The summed E-state index contributed by atoms with van der Waals surface area (Å²) in [6.07, 6.45) is 2.01. The fraction of sp³-hybridized carbons (Fsp3) is 0.400. The van der Waals surface area contributed by atoms with Gasteiger partial charge in [-0.1, -0.05) is 12.1 Å². The number of methoxy groups -OCH3 is 1. The molecule has 0 fully saturated rings. The number of aromatic nitrogens is 1. The Labute approximate surface area is 161 Å². The van der Waals surface area contributed by atoms with E-state index >= 15 is 0 Å². The Balaban J connectivity index is 2.11. The van der Waals surface area contributed by atoms with E-state index in [9.17, 15) is 4.79 Å². The van der Waals surface area contributed by atoms with Crippen LogP contribution in [-0.4, -0.2) is 61.0 Å². The summed E-state index contributed by atoms with van der Waals surface area (Å²) in [4.78, 5) is 20.2. The van der Waals surface area contributed by atoms with Crippen molar-refractivity contribution in [2.24, 2.45) is 12.0 Å². The summed E-state index contributed by atoms with van der Waals surface area (Å²) in [6, 6.07) is 11.9. The standard InChI is InChI=1S/C20H29N5O2/c1-23(2)19(26)14-22-20(25(4)15-17-7-6-12-24(17)3)21-13-16-8-10-18(27-5)11-9-16/h6-12H,13-15H2,1-5H3,(H,21,22). The lowest BCUT2D eigenvalue weighted by atomic mass is 10.2. The molecule has 0 radical (unpaired) electrons. The van der Waals surface area contributed by atoms with Gasteiger partial charge >= 0.3 is 0 Å². The third-order valence-electron chi connectivity index (χ3n) is 4.28. The molecule has 1 aromatic heterocycles. The van der Waals surface area contributed by atoms with Gasteiger partial charge in [0.1, 0.15) is 5.75 Å². The average molecular weight is 371 g/mol. The van der Waals surface area contributed by atoms with Gasteiger partial charge in [0, 0.05) is 40.1 Å². The summed E-state index contributed by atoms with van der Waals surface area (Å²) in [5.41, 5.74) is 2.23. The Kier molecular flexibility index (Phi) is 7.28. The van der Waals surface area contributed by atoms with Crippen LogP contribution < -0.4 is 10.1 Å². The Morgan fingerprint density at radius 1 is 1.19 bits per heavy atom. The highest BCUT2D eigenvalue weighted by Gasteiger charge is 2.11. The minimum Gasteiger partial charge on any atom is -0.497 e. The molecule has 2 aromatic rings. The van der Waals surface area contributed by atoms with Crippen molar-refractivity contribution in [3.05, 3.63) is 53.9 Å². The second-order valence-electron chi connectivity index (χ2n) is 6.60. The van der Waals surface area contributed by atoms with E-state index in [4.69, 9.17) is 9.73 Å². The molecule has 1 N–H and O–H groups in total. The molecule has 27 heavy (non-hydrogen) atoms. The molecule has 1 heterocycles. The summed E-state index contributed by atoms with van der Waals surface area (Å²) < 4.78 is 7.26. The number of nitrogens with one attached hydrogen (secondary N) is 1. The van der Waals surface area contributed by atoms with Crippen molar-refractivity contribution in [2.75, 3.05) is 34.8 Å². The number of aliphatic imine (C=N–C) groups is 1. The smallest absolute Gasteiger partial charge is 0.241 e. The largest absolute Gasteiger partial charge is 0.497 e. The predicted molar refractivity (Wildman–Crippen MR) is 108 cm³/mol. The van der Waals surface area contributed by atoms with Gasteiger partial charge in [0.15, 0.2) is 5.96 Å². The van der Waals surface area contributed by atoms with Crippen molar-refractivity contribution in [3.8, 4) is 5.75 Å². The number of aryl methyl sites for hydroxylation is 1. The van der Waals surface area contributed by atoms with E-state index in [2.05, 4.69) is 16.0 Å². The van der Waals surface area contributed by atoms with E-state index in [1.54, 1.807) is 26.1 Å². The molecule has 0 unspecified atom stereocenters. The molecular formula is C20H29N5O2. The fourth-order valence-electron chi connectivity index (χ4n) is 2.50. The normalized spacial score (nSPS) is 11.2. The predicted octanol–water partition coefficient (Wildman–Crippen LogP) is 1.70. The number of likely N-dealkylation sites (N-methyl/N-ethyl adjacent to an activating group) is 1. The van der Waals surface area contributed by atoms with E-state index in [1.807, 2.05) is 55.5 Å². The number of rotatable bonds is 7. The lowest BCUT2D eigenvalue weighted by Crippen LogP contribution is -2.43. The van der Waals surface area contributed by atoms with E-state index in [0.717, 1.165) is 17.0 Å². The zero-order valence-electron chi connectivity index (χ0n) is 16.8. The Morgan fingerprint density at radius 2 is 1.89 bits per heavy atom. The molecular weight excluding hydrogens is 342 g/mol. The quantitative estimate of drug-likeness (QED) is 0.594. The van der Waals surface area contributed by atoms with Gasteiger partial charge in [-0.05, 0) is 29.8 Å². The van der Waals surface area contributed by atoms with Gasteiger partial charge in [0.25, 0.3) is 0 Å². The minimum absolute atomic E-state index is 0.000542. The van der Waals surface area contributed by atoms with Crippen LogP contribution in [0.15, 0.2) is 47.6 Å². The van der Waals surface area contributed by atoms with Crippen LogP contribution in [-0.2, 0) is 24.9 Å². The van der Waals surface area contributed by atoms with E-state index in [0.29, 0.717) is 19.0 Å². The molecule has 0 aliphatic carbocycles. The van der Waals surface area contributed by atoms with Gasteiger partial charge in [-0.15, -0.1) is 0 Å². The van der Waals surface area contributed by atoms with Crippen LogP contribution in [0.1, 0.15) is 11.3 Å². The lowest BCUT2D eigenvalue weighted by Gasteiger charge is -2.23. The number of ether oxygens (including phenoxy) is 1. The van der Waals surface area contributed by atoms with Crippen LogP contribution in [0.5, 0.6) is 5.75 Å². The van der Waals surface area contributed by atoms with Gasteiger partial charge in [0.2, 0.25) is 5.91 Å². The highest BCUT2D eigenvalue weighted by atomic mass is 16.5. The van der Waals surface area contributed by atoms with Crippen molar-refractivity contribution in [3.63, 3.8) is 0 Å². The first-order chi connectivity index (χ1) is 12.9. The number of benzene rings is 1. The van der Waals surface area contributed by atoms with Crippen molar-refractivity contribution < 1.29 is 9.53 Å². The van der Waals surface area contributed by atoms with Crippen LogP contribution in [0.4, 0.5) is 0 Å². The zero-order valence-corrected chi connectivity index (χ0v) is 16.8. The maximum Gasteiger partial charge on any atom is 0.241 e. The van der Waals surface area contributed by atoms with E-state index in [1.165, 1.54) is 0 Å². The zero-order chi connectivity index (χ0) is 19.8. The van der Waals surface area contributed by atoms with E-state index in [-0.39, 0.29) is 12.5 Å². The Morgan fingerprint density at radius 3 is 2.44 bits per heavy atom. The molecule has 1 aromatic carbocycles. The third-order valence-corrected chi connectivity index (χ3v) is 4.28. The van der Waals surface area contributed by atoms with Gasteiger partial charge in [-0.25, -0.2) is 4.99 Å². The van der Waals surface area contributed by atoms with Crippen LogP contribution >= 0.6 is 0 Å². The second kappa shape index (κ2) is 9.66. The summed E-state index contributed by atoms with van der Waals surface area (Å²) in [5.74, 6) is 1.50. The van der Waals surface area contributed by atoms with Crippen LogP contribution in [0, 0.1) is 0 Å². The van der Waals surface area contributed by atoms with Gasteiger partial charge < -0.3 is 24.4 Å². The number of guanidine groups is 1. The van der Waals surface area contributed by atoms with Crippen LogP contribution in [0.3, 0.4) is 0 Å². The van der Waals surface area contributed by atoms with Crippen LogP contribution in [0.2, 0.25) is 0 Å². The molecule has 0 atom stereocenters. The molecule has 0 aliphatic rings. The molecule has 2 rings (SSSR count). The van der Waals surface area contributed by atoms with Crippen molar-refractivity contribution in [1.29, 1.82) is 0 Å². The molecule has 7 nitrogen and oxygen atoms in total. The number of carbonyl (C=O) groups is 1. The first-order valence-electron chi connectivity index (χ1n) is 8.83. The SMILES string of the molecule is COc1ccc(CN=C(NCC(=O)N(C)C)N(C)Cc2cccn2C)cc1. The number of nitrogens with zero attached hydrogens (tertiary/aromatic N) is 4.